The molecule has 0 bridgehead atoms. The molecule has 0 atom stereocenters. The van der Waals surface area contributed by atoms with Crippen LogP contribution in [0.1, 0.15) is 32.1 Å². The Balaban J connectivity index is 2.14. The zero-order chi connectivity index (χ0) is 9.31. The second kappa shape index (κ2) is 3.29. The van der Waals surface area contributed by atoms with Crippen LogP contribution in [0.2, 0.25) is 0 Å². The molecule has 0 aromatic carbocycles. The molecule has 3 heteroatoms. The van der Waals surface area contributed by atoms with Gasteiger partial charge < -0.3 is 10.2 Å². The first-order valence-electron chi connectivity index (χ1n) is 5.25. The summed E-state index contributed by atoms with van der Waals surface area (Å²) in [5.74, 6) is 0.318. The number of nitrogens with one attached hydrogen (secondary N) is 1. The molecule has 13 heavy (non-hydrogen) atoms. The Labute approximate surface area is 79.5 Å². The maximum absolute atomic E-state index is 12.0. The van der Waals surface area contributed by atoms with Crippen LogP contribution in [-0.2, 0) is 4.79 Å². The standard InChI is InChI=1S/C10H18N2O/c1-12-8-7-11-10(9(12)13)5-3-2-4-6-10/h11H,2-8H2,1H3. The highest BCUT2D eigenvalue weighted by Crippen LogP contribution is 2.30. The summed E-state index contributed by atoms with van der Waals surface area (Å²) in [6, 6.07) is 0. The normalized spacial score (nSPS) is 28.1. The molecule has 1 N–H and O–H groups in total. The lowest BCUT2D eigenvalue weighted by Gasteiger charge is -2.43. The van der Waals surface area contributed by atoms with E-state index in [4.69, 9.17) is 0 Å². The molecule has 74 valence electrons. The Morgan fingerprint density at radius 2 is 2.00 bits per heavy atom. The number of carbonyl (C=O) groups excluding carboxylic acids is 1. The van der Waals surface area contributed by atoms with Gasteiger partial charge in [0.05, 0.1) is 5.54 Å². The zero-order valence-corrected chi connectivity index (χ0v) is 8.31. The average molecular weight is 182 g/mol. The first kappa shape index (κ1) is 9.00. The third kappa shape index (κ3) is 1.46. The largest absolute Gasteiger partial charge is 0.343 e. The molecule has 0 radical (unpaired) electrons. The molecule has 2 aliphatic rings. The van der Waals surface area contributed by atoms with E-state index in [0.29, 0.717) is 5.91 Å². The minimum Gasteiger partial charge on any atom is -0.343 e. The van der Waals surface area contributed by atoms with Gasteiger partial charge in [-0.05, 0) is 12.8 Å². The molecule has 3 nitrogen and oxygen atoms in total. The van der Waals surface area contributed by atoms with Crippen molar-refractivity contribution in [2.45, 2.75) is 37.6 Å². The van der Waals surface area contributed by atoms with Crippen molar-refractivity contribution in [2.75, 3.05) is 20.1 Å². The number of nitrogens with zero attached hydrogens (tertiary/aromatic N) is 1. The lowest BCUT2D eigenvalue weighted by molar-refractivity contribution is -0.141. The Bertz CT molecular complexity index is 203. The number of carbonyl (C=O) groups is 1. The lowest BCUT2D eigenvalue weighted by atomic mass is 9.79. The number of rotatable bonds is 0. The summed E-state index contributed by atoms with van der Waals surface area (Å²) >= 11 is 0. The van der Waals surface area contributed by atoms with Gasteiger partial charge in [0.2, 0.25) is 5.91 Å². The third-order valence-electron chi connectivity index (χ3n) is 3.37. The average Bonchev–Trinajstić information content (AvgIpc) is 2.16. The van der Waals surface area contributed by atoms with Gasteiger partial charge in [0.25, 0.3) is 0 Å². The zero-order valence-electron chi connectivity index (χ0n) is 8.31. The van der Waals surface area contributed by atoms with Crippen molar-refractivity contribution in [1.29, 1.82) is 0 Å². The van der Waals surface area contributed by atoms with Crippen LogP contribution in [0, 0.1) is 0 Å². The Kier molecular flexibility index (Phi) is 2.28. The fraction of sp³-hybridized carbons (Fsp3) is 0.900. The van der Waals surface area contributed by atoms with Gasteiger partial charge in [0.1, 0.15) is 0 Å². The van der Waals surface area contributed by atoms with Gasteiger partial charge in [0.15, 0.2) is 0 Å². The fourth-order valence-electron chi connectivity index (χ4n) is 2.55. The topological polar surface area (TPSA) is 32.3 Å². The van der Waals surface area contributed by atoms with Crippen LogP contribution in [0.3, 0.4) is 0 Å². The van der Waals surface area contributed by atoms with Gasteiger partial charge >= 0.3 is 0 Å². The van der Waals surface area contributed by atoms with Crippen molar-refractivity contribution in [3.8, 4) is 0 Å². The lowest BCUT2D eigenvalue weighted by Crippen LogP contribution is -2.64. The van der Waals surface area contributed by atoms with E-state index in [1.807, 2.05) is 11.9 Å². The highest BCUT2D eigenvalue weighted by atomic mass is 16.2. The molecule has 0 unspecified atom stereocenters. The van der Waals surface area contributed by atoms with Gasteiger partial charge in [-0.3, -0.25) is 4.79 Å². The second-order valence-electron chi connectivity index (χ2n) is 4.30. The van der Waals surface area contributed by atoms with Crippen molar-refractivity contribution in [2.24, 2.45) is 0 Å². The van der Waals surface area contributed by atoms with E-state index in [1.54, 1.807) is 0 Å². The maximum Gasteiger partial charge on any atom is 0.242 e. The number of piperazine rings is 1. The highest BCUT2D eigenvalue weighted by Gasteiger charge is 2.42. The summed E-state index contributed by atoms with van der Waals surface area (Å²) in [6.07, 6.45) is 5.77. The summed E-state index contributed by atoms with van der Waals surface area (Å²) in [6.45, 7) is 1.82. The Hall–Kier alpha value is -0.570. The van der Waals surface area contributed by atoms with Crippen LogP contribution in [0.4, 0.5) is 0 Å². The van der Waals surface area contributed by atoms with Crippen LogP contribution in [0.25, 0.3) is 0 Å². The van der Waals surface area contributed by atoms with Gasteiger partial charge in [-0.1, -0.05) is 19.3 Å². The van der Waals surface area contributed by atoms with Crippen molar-refractivity contribution in [1.82, 2.24) is 10.2 Å². The quantitative estimate of drug-likeness (QED) is 0.599. The fourth-order valence-corrected chi connectivity index (χ4v) is 2.55. The minimum absolute atomic E-state index is 0.175. The molecule has 1 saturated heterocycles. The van der Waals surface area contributed by atoms with Crippen molar-refractivity contribution < 1.29 is 4.79 Å². The van der Waals surface area contributed by atoms with Gasteiger partial charge in [-0.25, -0.2) is 0 Å². The molecule has 1 heterocycles. The summed E-state index contributed by atoms with van der Waals surface area (Å²) < 4.78 is 0. The van der Waals surface area contributed by atoms with Crippen LogP contribution >= 0.6 is 0 Å². The van der Waals surface area contributed by atoms with E-state index in [-0.39, 0.29) is 5.54 Å². The monoisotopic (exact) mass is 182 g/mol. The van der Waals surface area contributed by atoms with E-state index < -0.39 is 0 Å². The molecule has 1 amide bonds. The van der Waals surface area contributed by atoms with Crippen molar-refractivity contribution >= 4 is 5.91 Å². The molecular weight excluding hydrogens is 164 g/mol. The summed E-state index contributed by atoms with van der Waals surface area (Å²) in [5.41, 5.74) is -0.175. The van der Waals surface area contributed by atoms with Crippen LogP contribution in [-0.4, -0.2) is 36.5 Å². The van der Waals surface area contributed by atoms with E-state index in [2.05, 4.69) is 5.32 Å². The SMILES string of the molecule is CN1CCNC2(CCCCC2)C1=O. The minimum atomic E-state index is -0.175. The third-order valence-corrected chi connectivity index (χ3v) is 3.37. The first-order valence-corrected chi connectivity index (χ1v) is 5.25. The van der Waals surface area contributed by atoms with E-state index in [9.17, 15) is 4.79 Å². The van der Waals surface area contributed by atoms with Crippen LogP contribution in [0.5, 0.6) is 0 Å². The van der Waals surface area contributed by atoms with E-state index >= 15 is 0 Å². The highest BCUT2D eigenvalue weighted by molar-refractivity contribution is 5.87. The van der Waals surface area contributed by atoms with E-state index in [1.165, 1.54) is 19.3 Å². The van der Waals surface area contributed by atoms with Gasteiger partial charge in [0, 0.05) is 20.1 Å². The molecule has 0 aromatic heterocycles. The number of hydrogen-bond acceptors (Lipinski definition) is 2. The smallest absolute Gasteiger partial charge is 0.242 e. The van der Waals surface area contributed by atoms with Crippen molar-refractivity contribution in [3.63, 3.8) is 0 Å². The number of hydrogen-bond donors (Lipinski definition) is 1. The Morgan fingerprint density at radius 1 is 1.31 bits per heavy atom. The van der Waals surface area contributed by atoms with E-state index in [0.717, 1.165) is 25.9 Å². The molecule has 0 aromatic rings. The van der Waals surface area contributed by atoms with Gasteiger partial charge in [-0.15, -0.1) is 0 Å². The predicted molar refractivity (Wildman–Crippen MR) is 51.5 cm³/mol. The molecule has 2 fully saturated rings. The van der Waals surface area contributed by atoms with Crippen molar-refractivity contribution in [3.05, 3.63) is 0 Å². The summed E-state index contributed by atoms with van der Waals surface area (Å²) in [5, 5.41) is 3.42. The molecule has 1 saturated carbocycles. The maximum atomic E-state index is 12.0. The molecular formula is C10H18N2O. The summed E-state index contributed by atoms with van der Waals surface area (Å²) in [4.78, 5) is 13.8. The second-order valence-corrected chi connectivity index (χ2v) is 4.30. The van der Waals surface area contributed by atoms with Crippen LogP contribution < -0.4 is 5.32 Å². The first-order chi connectivity index (χ1) is 6.25. The number of likely N-dealkylation sites (N-methyl/N-ethyl adjacent to an activating group) is 1. The molecule has 1 spiro atoms. The van der Waals surface area contributed by atoms with Gasteiger partial charge in [-0.2, -0.15) is 0 Å². The Morgan fingerprint density at radius 3 is 2.69 bits per heavy atom. The summed E-state index contributed by atoms with van der Waals surface area (Å²) in [7, 11) is 1.92. The predicted octanol–water partition coefficient (Wildman–Crippen LogP) is 0.751. The molecule has 2 rings (SSSR count). The number of amides is 1. The molecule has 1 aliphatic heterocycles. The van der Waals surface area contributed by atoms with Crippen LogP contribution in [0.15, 0.2) is 0 Å². The molecule has 1 aliphatic carbocycles.